The summed E-state index contributed by atoms with van der Waals surface area (Å²) in [6.45, 7) is 5.14. The maximum atomic E-state index is 12.2. The van der Waals surface area contributed by atoms with Gasteiger partial charge in [0.15, 0.2) is 9.84 Å². The number of benzene rings is 4. The van der Waals surface area contributed by atoms with Crippen LogP contribution in [0, 0.1) is 13.8 Å². The Morgan fingerprint density at radius 3 is 1.58 bits per heavy atom. The number of aromatic nitrogens is 2. The van der Waals surface area contributed by atoms with Crippen LogP contribution in [0.2, 0.25) is 0 Å². The first-order valence-corrected chi connectivity index (χ1v) is 18.8. The molecule has 4 aromatic carbocycles. The predicted molar refractivity (Wildman–Crippen MR) is 206 cm³/mol. The molecule has 2 aromatic heterocycles. The molecule has 0 saturated carbocycles. The molecule has 2 amide bonds. The number of aryl methyl sites for hydroxylation is 2. The summed E-state index contributed by atoms with van der Waals surface area (Å²) in [4.78, 5) is 33.0. The molecule has 0 radical (unpaired) electrons. The molecule has 2 N–H and O–H groups in total. The largest absolute Gasteiger partial charge is 0.352 e. The molecule has 6 aromatic rings. The lowest BCUT2D eigenvalue weighted by molar-refractivity contribution is -0.121. The van der Waals surface area contributed by atoms with E-state index in [4.69, 9.17) is 0 Å². The minimum absolute atomic E-state index is 0.0353. The Kier molecular flexibility index (Phi) is 12.8. The van der Waals surface area contributed by atoms with Crippen LogP contribution in [0.25, 0.3) is 22.4 Å². The van der Waals surface area contributed by atoms with Gasteiger partial charge < -0.3 is 10.6 Å². The van der Waals surface area contributed by atoms with Crippen LogP contribution in [0.3, 0.4) is 0 Å². The number of amides is 2. The number of rotatable bonds is 11. The molecule has 2 heterocycles. The maximum absolute atomic E-state index is 12.2. The normalized spacial score (nSPS) is 10.8. The summed E-state index contributed by atoms with van der Waals surface area (Å²) in [6.07, 6.45) is 7.06. The second kappa shape index (κ2) is 17.8. The number of sulfone groups is 1. The third kappa shape index (κ3) is 11.6. The Bertz CT molecular complexity index is 2200. The zero-order valence-electron chi connectivity index (χ0n) is 29.5. The van der Waals surface area contributed by atoms with E-state index in [-0.39, 0.29) is 23.1 Å². The van der Waals surface area contributed by atoms with E-state index in [9.17, 15) is 18.0 Å². The molecule has 0 aliphatic heterocycles. The highest BCUT2D eigenvalue weighted by atomic mass is 32.2. The molecule has 8 nitrogen and oxygen atoms in total. The third-order valence-electron chi connectivity index (χ3n) is 8.24. The Morgan fingerprint density at radius 2 is 1.08 bits per heavy atom. The van der Waals surface area contributed by atoms with Crippen molar-refractivity contribution in [3.8, 4) is 22.4 Å². The fraction of sp³-hybridized carbons (Fsp3) is 0.163. The van der Waals surface area contributed by atoms with Gasteiger partial charge in [0, 0.05) is 43.5 Å². The molecule has 9 heteroatoms. The lowest BCUT2D eigenvalue weighted by Crippen LogP contribution is -2.24. The van der Waals surface area contributed by atoms with E-state index in [0.29, 0.717) is 19.5 Å². The van der Waals surface area contributed by atoms with Gasteiger partial charge in [0.25, 0.3) is 0 Å². The van der Waals surface area contributed by atoms with Gasteiger partial charge in [-0.1, -0.05) is 102 Å². The molecule has 0 spiro atoms. The summed E-state index contributed by atoms with van der Waals surface area (Å²) in [5.74, 6) is -0.0262. The van der Waals surface area contributed by atoms with E-state index in [1.54, 1.807) is 42.9 Å². The van der Waals surface area contributed by atoms with Gasteiger partial charge in [-0.05, 0) is 77.6 Å². The zero-order chi connectivity index (χ0) is 36.9. The average Bonchev–Trinajstić information content (AvgIpc) is 3.14. The minimum atomic E-state index is -3.21. The predicted octanol–water partition coefficient (Wildman–Crippen LogP) is 7.24. The Hall–Kier alpha value is -5.93. The number of hydrogen-bond acceptors (Lipinski definition) is 6. The van der Waals surface area contributed by atoms with E-state index in [1.165, 1.54) is 11.8 Å². The molecule has 0 saturated heterocycles. The standard InChI is InChI=1S/C22H22N2O3S.C21H20N2O/c1-16-4-3-5-17(12-16)15-24-22(25)13-18-6-11-21(23-14-18)19-7-9-20(10-8-19)28(2,26)27;1-16-3-2-4-18(13-16)15-23-21(24)14-17-5-7-19(8-6-17)20-9-11-22-12-10-20/h3-12,14H,13,15H2,1-2H3,(H,24,25);2-13H,14-15H2,1H3,(H,23,24). The summed E-state index contributed by atoms with van der Waals surface area (Å²) >= 11 is 0. The van der Waals surface area contributed by atoms with Crippen LogP contribution in [-0.2, 0) is 45.4 Å². The van der Waals surface area contributed by atoms with Crippen molar-refractivity contribution >= 4 is 21.7 Å². The Labute approximate surface area is 305 Å². The van der Waals surface area contributed by atoms with Crippen molar-refractivity contribution in [3.05, 3.63) is 173 Å². The number of carbonyl (C=O) groups excluding carboxylic acids is 2. The molecule has 6 rings (SSSR count). The average molecular weight is 711 g/mol. The van der Waals surface area contributed by atoms with Crippen LogP contribution in [0.1, 0.15) is 33.4 Å². The van der Waals surface area contributed by atoms with E-state index in [1.807, 2.05) is 91.9 Å². The minimum Gasteiger partial charge on any atom is -0.352 e. The molecule has 0 atom stereocenters. The number of pyridine rings is 2. The fourth-order valence-electron chi connectivity index (χ4n) is 5.47. The van der Waals surface area contributed by atoms with Crippen molar-refractivity contribution in [1.82, 2.24) is 20.6 Å². The first-order valence-electron chi connectivity index (χ1n) is 16.9. The number of nitrogens with one attached hydrogen (secondary N) is 2. The zero-order valence-corrected chi connectivity index (χ0v) is 30.4. The van der Waals surface area contributed by atoms with Crippen molar-refractivity contribution in [2.24, 2.45) is 0 Å². The highest BCUT2D eigenvalue weighted by Crippen LogP contribution is 2.21. The SMILES string of the molecule is Cc1cccc(CNC(=O)Cc2ccc(-c3ccc(S(C)(=O)=O)cc3)nc2)c1.Cc1cccc(CNC(=O)Cc2ccc(-c3ccncc3)cc2)c1. The molecule has 0 bridgehead atoms. The molecule has 0 aliphatic rings. The Morgan fingerprint density at radius 1 is 0.577 bits per heavy atom. The fourth-order valence-corrected chi connectivity index (χ4v) is 6.10. The molecular weight excluding hydrogens is 669 g/mol. The summed E-state index contributed by atoms with van der Waals surface area (Å²) in [5, 5.41) is 5.89. The number of hydrogen-bond donors (Lipinski definition) is 2. The van der Waals surface area contributed by atoms with Crippen LogP contribution in [-0.4, -0.2) is 36.5 Å². The molecule has 264 valence electrons. The van der Waals surface area contributed by atoms with Crippen molar-refractivity contribution in [3.63, 3.8) is 0 Å². The number of nitrogens with zero attached hydrogens (tertiary/aromatic N) is 2. The highest BCUT2D eigenvalue weighted by Gasteiger charge is 2.09. The second-order valence-electron chi connectivity index (χ2n) is 12.7. The highest BCUT2D eigenvalue weighted by molar-refractivity contribution is 7.90. The van der Waals surface area contributed by atoms with E-state index in [2.05, 4.69) is 39.7 Å². The number of carbonyl (C=O) groups is 2. The van der Waals surface area contributed by atoms with Crippen LogP contribution in [0.4, 0.5) is 0 Å². The lowest BCUT2D eigenvalue weighted by atomic mass is 10.0. The van der Waals surface area contributed by atoms with Gasteiger partial charge >= 0.3 is 0 Å². The summed E-state index contributed by atoms with van der Waals surface area (Å²) in [5.41, 5.74) is 10.2. The summed E-state index contributed by atoms with van der Waals surface area (Å²) in [7, 11) is -3.21. The topological polar surface area (TPSA) is 118 Å². The van der Waals surface area contributed by atoms with Crippen LogP contribution >= 0.6 is 0 Å². The van der Waals surface area contributed by atoms with Crippen molar-refractivity contribution in [2.75, 3.05) is 6.26 Å². The summed E-state index contributed by atoms with van der Waals surface area (Å²) in [6, 6.07) is 38.5. The monoisotopic (exact) mass is 710 g/mol. The molecular formula is C43H42N4O4S. The van der Waals surface area contributed by atoms with Crippen LogP contribution < -0.4 is 10.6 Å². The van der Waals surface area contributed by atoms with Gasteiger partial charge in [-0.25, -0.2) is 8.42 Å². The van der Waals surface area contributed by atoms with Gasteiger partial charge in [-0.15, -0.1) is 0 Å². The first kappa shape index (κ1) is 37.3. The Balaban J connectivity index is 0.000000203. The van der Waals surface area contributed by atoms with Gasteiger partial charge in [0.05, 0.1) is 23.4 Å². The molecule has 0 unspecified atom stereocenters. The molecule has 0 aliphatic carbocycles. The maximum Gasteiger partial charge on any atom is 0.224 e. The summed E-state index contributed by atoms with van der Waals surface area (Å²) < 4.78 is 23.1. The molecule has 0 fully saturated rings. The van der Waals surface area contributed by atoms with Crippen molar-refractivity contribution in [2.45, 2.75) is 44.7 Å². The van der Waals surface area contributed by atoms with Crippen molar-refractivity contribution < 1.29 is 18.0 Å². The van der Waals surface area contributed by atoms with Crippen LogP contribution in [0.15, 0.2) is 145 Å². The van der Waals surface area contributed by atoms with E-state index >= 15 is 0 Å². The van der Waals surface area contributed by atoms with Gasteiger partial charge in [0.2, 0.25) is 11.8 Å². The van der Waals surface area contributed by atoms with Gasteiger partial charge in [0.1, 0.15) is 0 Å². The van der Waals surface area contributed by atoms with Gasteiger partial charge in [-0.2, -0.15) is 0 Å². The van der Waals surface area contributed by atoms with Crippen LogP contribution in [0.5, 0.6) is 0 Å². The lowest BCUT2D eigenvalue weighted by Gasteiger charge is -2.07. The van der Waals surface area contributed by atoms with E-state index < -0.39 is 9.84 Å². The van der Waals surface area contributed by atoms with Crippen molar-refractivity contribution in [1.29, 1.82) is 0 Å². The van der Waals surface area contributed by atoms with E-state index in [0.717, 1.165) is 50.2 Å². The third-order valence-corrected chi connectivity index (χ3v) is 9.37. The second-order valence-corrected chi connectivity index (χ2v) is 14.7. The smallest absolute Gasteiger partial charge is 0.224 e. The molecule has 52 heavy (non-hydrogen) atoms. The quantitative estimate of drug-likeness (QED) is 0.147. The van der Waals surface area contributed by atoms with Gasteiger partial charge in [-0.3, -0.25) is 19.6 Å². The first-order chi connectivity index (χ1) is 25.0.